The van der Waals surface area contributed by atoms with E-state index >= 15 is 0 Å². The number of anilines is 1. The molecular formula is C24H22N4O3S. The van der Waals surface area contributed by atoms with Crippen molar-refractivity contribution in [2.75, 3.05) is 5.32 Å². The number of carbonyl (C=O) groups excluding carboxylic acids is 2. The lowest BCUT2D eigenvalue weighted by Crippen LogP contribution is -2.15. The first-order valence-corrected chi connectivity index (χ1v) is 11.0. The van der Waals surface area contributed by atoms with Crippen LogP contribution in [0, 0.1) is 0 Å². The Kier molecular flexibility index (Phi) is 6.51. The maximum absolute atomic E-state index is 13.0. The van der Waals surface area contributed by atoms with Crippen molar-refractivity contribution in [3.63, 3.8) is 0 Å². The Balaban J connectivity index is 1.56. The molecule has 0 aliphatic heterocycles. The first-order valence-electron chi connectivity index (χ1n) is 10.1. The molecule has 0 radical (unpaired) electrons. The van der Waals surface area contributed by atoms with Gasteiger partial charge in [0.1, 0.15) is 0 Å². The summed E-state index contributed by atoms with van der Waals surface area (Å²) in [5.74, 6) is 1.05. The molecule has 0 aliphatic rings. The van der Waals surface area contributed by atoms with Crippen LogP contribution >= 0.6 is 11.8 Å². The van der Waals surface area contributed by atoms with Gasteiger partial charge in [-0.15, -0.1) is 10.2 Å². The van der Waals surface area contributed by atoms with Gasteiger partial charge in [0.2, 0.25) is 11.7 Å². The highest BCUT2D eigenvalue weighted by molar-refractivity contribution is 8.00. The maximum atomic E-state index is 13.0. The number of carbonyl (C=O) groups is 2. The van der Waals surface area contributed by atoms with E-state index in [1.165, 1.54) is 18.7 Å². The summed E-state index contributed by atoms with van der Waals surface area (Å²) in [6, 6.07) is 20.5. The molecule has 2 aromatic carbocycles. The smallest absolute Gasteiger partial charge is 0.221 e. The van der Waals surface area contributed by atoms with Gasteiger partial charge in [0.25, 0.3) is 0 Å². The Hall–Kier alpha value is -3.65. The lowest BCUT2D eigenvalue weighted by atomic mass is 10.1. The zero-order valence-corrected chi connectivity index (χ0v) is 18.5. The molecular weight excluding hydrogens is 424 g/mol. The number of ketones is 1. The molecule has 8 heteroatoms. The third-order valence-corrected chi connectivity index (χ3v) is 5.86. The molecule has 0 bridgehead atoms. The minimum absolute atomic E-state index is 0.0295. The third-order valence-electron chi connectivity index (χ3n) is 4.78. The van der Waals surface area contributed by atoms with Crippen LogP contribution < -0.4 is 5.32 Å². The number of rotatable bonds is 8. The van der Waals surface area contributed by atoms with Gasteiger partial charge in [-0.25, -0.2) is 0 Å². The Morgan fingerprint density at radius 2 is 1.78 bits per heavy atom. The van der Waals surface area contributed by atoms with Crippen molar-refractivity contribution >= 4 is 29.1 Å². The van der Waals surface area contributed by atoms with Crippen molar-refractivity contribution in [1.82, 2.24) is 14.8 Å². The van der Waals surface area contributed by atoms with E-state index in [-0.39, 0.29) is 16.9 Å². The molecule has 1 atom stereocenters. The van der Waals surface area contributed by atoms with Crippen LogP contribution in [-0.2, 0) is 11.3 Å². The minimum atomic E-state index is -0.384. The molecule has 0 aliphatic carbocycles. The molecule has 1 unspecified atom stereocenters. The first-order chi connectivity index (χ1) is 15.5. The SMILES string of the molecule is CC(=O)Nc1ccc(C(=O)C(C)Sc2nnc(-c3ccco3)n2Cc2ccccc2)cc1. The number of Topliss-reactive ketones (excluding diaryl/α,β-unsaturated/α-hetero) is 1. The van der Waals surface area contributed by atoms with Gasteiger partial charge in [0.15, 0.2) is 16.7 Å². The van der Waals surface area contributed by atoms with Gasteiger partial charge in [-0.2, -0.15) is 0 Å². The highest BCUT2D eigenvalue weighted by Crippen LogP contribution is 2.29. The Morgan fingerprint density at radius 3 is 2.44 bits per heavy atom. The summed E-state index contributed by atoms with van der Waals surface area (Å²) < 4.78 is 7.50. The number of nitrogens with zero attached hydrogens (tertiary/aromatic N) is 3. The molecule has 7 nitrogen and oxygen atoms in total. The number of benzene rings is 2. The first kappa shape index (κ1) is 21.6. The monoisotopic (exact) mass is 446 g/mol. The molecule has 4 rings (SSSR count). The van der Waals surface area contributed by atoms with Crippen molar-refractivity contribution in [3.8, 4) is 11.6 Å². The second kappa shape index (κ2) is 9.65. The number of hydrogen-bond donors (Lipinski definition) is 1. The normalized spacial score (nSPS) is 11.8. The van der Waals surface area contributed by atoms with Gasteiger partial charge in [-0.05, 0) is 48.9 Å². The lowest BCUT2D eigenvalue weighted by molar-refractivity contribution is -0.114. The molecule has 2 heterocycles. The highest BCUT2D eigenvalue weighted by Gasteiger charge is 2.23. The van der Waals surface area contributed by atoms with Crippen LogP contribution in [-0.4, -0.2) is 31.7 Å². The highest BCUT2D eigenvalue weighted by atomic mass is 32.2. The van der Waals surface area contributed by atoms with Crippen LogP contribution in [0.1, 0.15) is 29.8 Å². The number of thioether (sulfide) groups is 1. The van der Waals surface area contributed by atoms with E-state index in [1.807, 2.05) is 47.9 Å². The van der Waals surface area contributed by atoms with Crippen molar-refractivity contribution in [2.24, 2.45) is 0 Å². The van der Waals surface area contributed by atoms with E-state index in [2.05, 4.69) is 15.5 Å². The molecule has 0 spiro atoms. The topological polar surface area (TPSA) is 90.0 Å². The van der Waals surface area contributed by atoms with Gasteiger partial charge < -0.3 is 9.73 Å². The second-order valence-electron chi connectivity index (χ2n) is 7.24. The molecule has 0 saturated carbocycles. The number of nitrogens with one attached hydrogen (secondary N) is 1. The Bertz CT molecular complexity index is 1200. The summed E-state index contributed by atoms with van der Waals surface area (Å²) in [5.41, 5.74) is 2.31. The van der Waals surface area contributed by atoms with Crippen molar-refractivity contribution in [3.05, 3.63) is 84.1 Å². The summed E-state index contributed by atoms with van der Waals surface area (Å²) in [6.45, 7) is 3.85. The van der Waals surface area contributed by atoms with Gasteiger partial charge in [-0.3, -0.25) is 14.2 Å². The molecule has 4 aromatic rings. The van der Waals surface area contributed by atoms with Gasteiger partial charge >= 0.3 is 0 Å². The number of furan rings is 1. The van der Waals surface area contributed by atoms with E-state index in [1.54, 1.807) is 36.6 Å². The van der Waals surface area contributed by atoms with E-state index in [4.69, 9.17) is 4.42 Å². The quantitative estimate of drug-likeness (QED) is 0.306. The number of amides is 1. The van der Waals surface area contributed by atoms with Gasteiger partial charge in [0.05, 0.1) is 18.1 Å². The molecule has 2 aromatic heterocycles. The summed E-state index contributed by atoms with van der Waals surface area (Å²) in [4.78, 5) is 24.2. The largest absolute Gasteiger partial charge is 0.461 e. The zero-order valence-electron chi connectivity index (χ0n) is 17.7. The van der Waals surface area contributed by atoms with E-state index in [9.17, 15) is 9.59 Å². The maximum Gasteiger partial charge on any atom is 0.221 e. The average Bonchev–Trinajstić information content (AvgIpc) is 3.45. The fourth-order valence-electron chi connectivity index (χ4n) is 3.24. The molecule has 1 N–H and O–H groups in total. The van der Waals surface area contributed by atoms with Crippen LogP contribution in [0.5, 0.6) is 0 Å². The van der Waals surface area contributed by atoms with Crippen LogP contribution in [0.15, 0.2) is 82.6 Å². The summed E-state index contributed by atoms with van der Waals surface area (Å²) in [6.07, 6.45) is 1.60. The molecule has 1 amide bonds. The fourth-order valence-corrected chi connectivity index (χ4v) is 4.17. The van der Waals surface area contributed by atoms with E-state index in [0.717, 1.165) is 5.56 Å². The van der Waals surface area contributed by atoms with Crippen LogP contribution in [0.3, 0.4) is 0 Å². The Labute approximate surface area is 189 Å². The summed E-state index contributed by atoms with van der Waals surface area (Å²) in [7, 11) is 0. The lowest BCUT2D eigenvalue weighted by Gasteiger charge is -2.13. The molecule has 32 heavy (non-hydrogen) atoms. The second-order valence-corrected chi connectivity index (χ2v) is 8.55. The standard InChI is InChI=1S/C24H22N4O3S/c1-16(22(30)19-10-12-20(13-11-19)25-17(2)29)32-24-27-26-23(21-9-6-14-31-21)28(24)15-18-7-4-3-5-8-18/h3-14,16H,15H2,1-2H3,(H,25,29). The van der Waals surface area contributed by atoms with Crippen LogP contribution in [0.2, 0.25) is 0 Å². The number of aromatic nitrogens is 3. The fraction of sp³-hybridized carbons (Fsp3) is 0.167. The van der Waals surface area contributed by atoms with Crippen molar-refractivity contribution in [2.45, 2.75) is 30.8 Å². The molecule has 162 valence electrons. The Morgan fingerprint density at radius 1 is 1.03 bits per heavy atom. The summed E-state index contributed by atoms with van der Waals surface area (Å²) >= 11 is 1.35. The molecule has 0 saturated heterocycles. The van der Waals surface area contributed by atoms with E-state index in [0.29, 0.717) is 34.5 Å². The van der Waals surface area contributed by atoms with Gasteiger partial charge in [0, 0.05) is 18.2 Å². The van der Waals surface area contributed by atoms with Crippen LogP contribution in [0.25, 0.3) is 11.6 Å². The molecule has 0 fully saturated rings. The number of hydrogen-bond acceptors (Lipinski definition) is 6. The summed E-state index contributed by atoms with van der Waals surface area (Å²) in [5, 5.41) is 11.6. The average molecular weight is 447 g/mol. The third kappa shape index (κ3) is 4.97. The predicted octanol–water partition coefficient (Wildman–Crippen LogP) is 4.91. The predicted molar refractivity (Wildman–Crippen MR) is 124 cm³/mol. The van der Waals surface area contributed by atoms with E-state index < -0.39 is 0 Å². The van der Waals surface area contributed by atoms with Crippen molar-refractivity contribution in [1.29, 1.82) is 0 Å². The van der Waals surface area contributed by atoms with Gasteiger partial charge in [-0.1, -0.05) is 42.1 Å². The zero-order chi connectivity index (χ0) is 22.5. The van der Waals surface area contributed by atoms with Crippen molar-refractivity contribution < 1.29 is 14.0 Å². The minimum Gasteiger partial charge on any atom is -0.461 e. The van der Waals surface area contributed by atoms with Crippen LogP contribution in [0.4, 0.5) is 5.69 Å².